The fourth-order valence-corrected chi connectivity index (χ4v) is 5.28. The zero-order chi connectivity index (χ0) is 24.4. The number of ether oxygens (including phenoxy) is 3. The molecule has 0 aromatic heterocycles. The van der Waals surface area contributed by atoms with Crippen LogP contribution in [0, 0.1) is 0 Å². The maximum atomic E-state index is 13.0. The van der Waals surface area contributed by atoms with Gasteiger partial charge in [-0.1, -0.05) is 24.3 Å². The summed E-state index contributed by atoms with van der Waals surface area (Å²) >= 11 is 0. The zero-order valence-corrected chi connectivity index (χ0v) is 19.6. The minimum Gasteiger partial charge on any atom is -0.486 e. The molecule has 0 saturated heterocycles. The van der Waals surface area contributed by atoms with Crippen LogP contribution in [0.4, 0.5) is 5.69 Å². The summed E-state index contributed by atoms with van der Waals surface area (Å²) in [6, 6.07) is 15.9. The van der Waals surface area contributed by atoms with E-state index in [4.69, 9.17) is 14.2 Å². The van der Waals surface area contributed by atoms with Crippen molar-refractivity contribution in [3.8, 4) is 11.5 Å². The van der Waals surface area contributed by atoms with E-state index in [1.807, 2.05) is 12.1 Å². The zero-order valence-electron chi connectivity index (χ0n) is 18.8. The van der Waals surface area contributed by atoms with Crippen molar-refractivity contribution in [1.29, 1.82) is 0 Å². The second-order valence-electron chi connectivity index (χ2n) is 8.29. The number of esters is 1. The summed E-state index contributed by atoms with van der Waals surface area (Å²) in [6.45, 7) is 0.269. The van der Waals surface area contributed by atoms with E-state index in [1.54, 1.807) is 18.2 Å². The molecule has 1 aliphatic carbocycles. The standard InChI is InChI=1S/C26H23NO7S/c28-23(19-9-8-17-4-3-5-18(17)14-19)16-34-26(29)21-6-1-2-7-22(21)27-35(30,31)20-10-11-24-25(15-20)33-13-12-32-24/h1-2,6-11,14-15,27H,3-5,12-13,16H2. The Hall–Kier alpha value is -3.85. The minimum absolute atomic E-state index is 0.00429. The van der Waals surface area contributed by atoms with Gasteiger partial charge in [-0.05, 0) is 60.7 Å². The van der Waals surface area contributed by atoms with Crippen LogP contribution in [-0.4, -0.2) is 40.0 Å². The SMILES string of the molecule is O=C(COC(=O)c1ccccc1NS(=O)(=O)c1ccc2c(c1)OCCO2)c1ccc2c(c1)CCC2. The van der Waals surface area contributed by atoms with Crippen molar-refractivity contribution in [3.63, 3.8) is 0 Å². The number of aryl methyl sites for hydroxylation is 2. The highest BCUT2D eigenvalue weighted by Crippen LogP contribution is 2.33. The van der Waals surface area contributed by atoms with E-state index in [1.165, 1.54) is 35.9 Å². The lowest BCUT2D eigenvalue weighted by Gasteiger charge is -2.19. The van der Waals surface area contributed by atoms with Crippen LogP contribution < -0.4 is 14.2 Å². The molecule has 0 atom stereocenters. The third-order valence-corrected chi connectivity index (χ3v) is 7.33. The van der Waals surface area contributed by atoms with E-state index in [0.29, 0.717) is 30.3 Å². The molecule has 0 amide bonds. The van der Waals surface area contributed by atoms with Gasteiger partial charge in [-0.15, -0.1) is 0 Å². The number of Topliss-reactive ketones (excluding diaryl/α,β-unsaturated/α-hetero) is 1. The topological polar surface area (TPSA) is 108 Å². The lowest BCUT2D eigenvalue weighted by Crippen LogP contribution is -2.19. The molecule has 0 fully saturated rings. The van der Waals surface area contributed by atoms with Crippen molar-refractivity contribution in [2.75, 3.05) is 24.5 Å². The molecule has 3 aromatic rings. The van der Waals surface area contributed by atoms with Crippen LogP contribution in [0.25, 0.3) is 0 Å². The number of para-hydroxylation sites is 1. The van der Waals surface area contributed by atoms with Gasteiger partial charge >= 0.3 is 5.97 Å². The van der Waals surface area contributed by atoms with Crippen molar-refractivity contribution < 1.29 is 32.2 Å². The first-order chi connectivity index (χ1) is 16.9. The molecular weight excluding hydrogens is 470 g/mol. The number of anilines is 1. The number of nitrogens with one attached hydrogen (secondary N) is 1. The third-order valence-electron chi connectivity index (χ3n) is 5.97. The van der Waals surface area contributed by atoms with E-state index in [2.05, 4.69) is 4.72 Å². The maximum absolute atomic E-state index is 13.0. The van der Waals surface area contributed by atoms with E-state index in [0.717, 1.165) is 24.8 Å². The van der Waals surface area contributed by atoms with Gasteiger partial charge in [-0.3, -0.25) is 9.52 Å². The molecule has 1 aliphatic heterocycles. The van der Waals surface area contributed by atoms with E-state index in [-0.39, 0.29) is 21.9 Å². The number of ketones is 1. The number of carbonyl (C=O) groups excluding carboxylic acids is 2. The largest absolute Gasteiger partial charge is 0.486 e. The molecule has 0 bridgehead atoms. The van der Waals surface area contributed by atoms with Crippen LogP contribution in [0.15, 0.2) is 65.6 Å². The highest BCUT2D eigenvalue weighted by Gasteiger charge is 2.23. The van der Waals surface area contributed by atoms with Gasteiger partial charge in [0.15, 0.2) is 23.9 Å². The number of fused-ring (bicyclic) bond motifs is 2. The van der Waals surface area contributed by atoms with Crippen LogP contribution in [0.5, 0.6) is 11.5 Å². The molecule has 3 aromatic carbocycles. The fraction of sp³-hybridized carbons (Fsp3) is 0.231. The van der Waals surface area contributed by atoms with Crippen LogP contribution in [0.1, 0.15) is 38.3 Å². The van der Waals surface area contributed by atoms with E-state index in [9.17, 15) is 18.0 Å². The van der Waals surface area contributed by atoms with E-state index >= 15 is 0 Å². The van der Waals surface area contributed by atoms with Gasteiger partial charge in [0.1, 0.15) is 13.2 Å². The van der Waals surface area contributed by atoms with Crippen molar-refractivity contribution in [2.24, 2.45) is 0 Å². The third kappa shape index (κ3) is 4.85. The van der Waals surface area contributed by atoms with Crippen molar-refractivity contribution in [1.82, 2.24) is 0 Å². The van der Waals surface area contributed by atoms with Crippen molar-refractivity contribution in [2.45, 2.75) is 24.2 Å². The number of carbonyl (C=O) groups is 2. The lowest BCUT2D eigenvalue weighted by molar-refractivity contribution is 0.0476. The molecule has 2 aliphatic rings. The maximum Gasteiger partial charge on any atom is 0.340 e. The van der Waals surface area contributed by atoms with E-state index < -0.39 is 22.6 Å². The van der Waals surface area contributed by atoms with Crippen LogP contribution in [0.3, 0.4) is 0 Å². The molecule has 9 heteroatoms. The Morgan fingerprint density at radius 2 is 1.66 bits per heavy atom. The number of sulfonamides is 1. The molecule has 1 heterocycles. The average molecular weight is 494 g/mol. The van der Waals surface area contributed by atoms with Gasteiger partial charge < -0.3 is 14.2 Å². The molecule has 8 nitrogen and oxygen atoms in total. The molecule has 180 valence electrons. The van der Waals surface area contributed by atoms with Gasteiger partial charge in [0, 0.05) is 11.6 Å². The molecule has 5 rings (SSSR count). The summed E-state index contributed by atoms with van der Waals surface area (Å²) in [5.74, 6) is -0.327. The first-order valence-corrected chi connectivity index (χ1v) is 12.7. The second-order valence-corrected chi connectivity index (χ2v) is 9.98. The number of hydrogen-bond donors (Lipinski definition) is 1. The predicted molar refractivity (Wildman–Crippen MR) is 128 cm³/mol. The first kappa shape index (κ1) is 22.9. The van der Waals surface area contributed by atoms with Gasteiger partial charge in [0.05, 0.1) is 16.1 Å². The smallest absolute Gasteiger partial charge is 0.340 e. The predicted octanol–water partition coefficient (Wildman–Crippen LogP) is 3.79. The highest BCUT2D eigenvalue weighted by molar-refractivity contribution is 7.92. The molecule has 0 unspecified atom stereocenters. The Kier molecular flexibility index (Phi) is 6.17. The number of hydrogen-bond acceptors (Lipinski definition) is 7. The molecule has 0 saturated carbocycles. The Labute approximate surface area is 202 Å². The Morgan fingerprint density at radius 3 is 2.51 bits per heavy atom. The quantitative estimate of drug-likeness (QED) is 0.394. The van der Waals surface area contributed by atoms with Crippen LogP contribution >= 0.6 is 0 Å². The van der Waals surface area contributed by atoms with Crippen LogP contribution in [-0.2, 0) is 27.6 Å². The Bertz CT molecular complexity index is 1410. The van der Waals surface area contributed by atoms with Gasteiger partial charge in [-0.25, -0.2) is 13.2 Å². The fourth-order valence-electron chi connectivity index (χ4n) is 4.18. The van der Waals surface area contributed by atoms with Gasteiger partial charge in [0.25, 0.3) is 10.0 Å². The lowest BCUT2D eigenvalue weighted by atomic mass is 10.0. The van der Waals surface area contributed by atoms with Gasteiger partial charge in [0.2, 0.25) is 0 Å². The second kappa shape index (κ2) is 9.42. The first-order valence-electron chi connectivity index (χ1n) is 11.2. The number of rotatable bonds is 7. The normalized spacial score (nSPS) is 14.2. The summed E-state index contributed by atoms with van der Waals surface area (Å²) in [4.78, 5) is 25.3. The highest BCUT2D eigenvalue weighted by atomic mass is 32.2. The molecular formula is C26H23NO7S. The molecule has 0 spiro atoms. The van der Waals surface area contributed by atoms with Crippen LogP contribution in [0.2, 0.25) is 0 Å². The Morgan fingerprint density at radius 1 is 0.886 bits per heavy atom. The number of benzene rings is 3. The summed E-state index contributed by atoms with van der Waals surface area (Å²) in [5, 5.41) is 0. The summed E-state index contributed by atoms with van der Waals surface area (Å²) < 4.78 is 44.5. The van der Waals surface area contributed by atoms with Gasteiger partial charge in [-0.2, -0.15) is 0 Å². The Balaban J connectivity index is 1.29. The summed E-state index contributed by atoms with van der Waals surface area (Å²) in [7, 11) is -4.04. The summed E-state index contributed by atoms with van der Waals surface area (Å²) in [5.41, 5.74) is 2.93. The van der Waals surface area contributed by atoms with Crippen molar-refractivity contribution >= 4 is 27.5 Å². The van der Waals surface area contributed by atoms with Crippen molar-refractivity contribution in [3.05, 3.63) is 82.9 Å². The molecule has 0 radical (unpaired) electrons. The molecule has 1 N–H and O–H groups in total. The molecule has 35 heavy (non-hydrogen) atoms. The minimum atomic E-state index is -4.04. The average Bonchev–Trinajstić information content (AvgIpc) is 3.35. The monoisotopic (exact) mass is 493 g/mol. The summed E-state index contributed by atoms with van der Waals surface area (Å²) in [6.07, 6.45) is 3.02.